The predicted octanol–water partition coefficient (Wildman–Crippen LogP) is 6.56. The number of carboxylic acid groups (broad SMARTS) is 1. The minimum absolute atomic E-state index is 0. The normalized spacial score (nSPS) is 16.8. The first kappa shape index (κ1) is 29.4. The van der Waals surface area contributed by atoms with E-state index < -0.39 is 5.97 Å². The van der Waals surface area contributed by atoms with Gasteiger partial charge < -0.3 is 19.1 Å². The van der Waals surface area contributed by atoms with Crippen LogP contribution in [0.15, 0.2) is 60.7 Å². The second-order valence-electron chi connectivity index (χ2n) is 10.00. The van der Waals surface area contributed by atoms with Crippen molar-refractivity contribution in [1.29, 1.82) is 0 Å². The van der Waals surface area contributed by atoms with Crippen LogP contribution in [0, 0.1) is 5.82 Å². The number of fused-ring (bicyclic) bond motifs is 1. The van der Waals surface area contributed by atoms with Gasteiger partial charge in [-0.1, -0.05) is 35.3 Å². The minimum atomic E-state index is -0.968. The molecular formula is C30H28Cl2FN3O4S. The Bertz CT molecular complexity index is 1640. The number of rotatable bonds is 9. The van der Waals surface area contributed by atoms with Crippen molar-refractivity contribution in [3.63, 3.8) is 0 Å². The summed E-state index contributed by atoms with van der Waals surface area (Å²) >= 11 is 12.1. The Hall–Kier alpha value is -3.08. The zero-order valence-corrected chi connectivity index (χ0v) is 24.5. The Morgan fingerprint density at radius 3 is 2.71 bits per heavy atom. The van der Waals surface area contributed by atoms with Crippen molar-refractivity contribution in [1.82, 2.24) is 14.5 Å². The number of carboxylic acids is 1. The maximum atomic E-state index is 14.6. The molecule has 2 aliphatic rings. The Balaban J connectivity index is 0.00000337. The molecule has 1 fully saturated rings. The Labute approximate surface area is 253 Å². The number of nitrogens with zero attached hydrogens (tertiary/aromatic N) is 3. The van der Waals surface area contributed by atoms with Gasteiger partial charge in [0.25, 0.3) is 0 Å². The molecule has 41 heavy (non-hydrogen) atoms. The van der Waals surface area contributed by atoms with Gasteiger partial charge in [0.1, 0.15) is 24.0 Å². The van der Waals surface area contributed by atoms with Crippen LogP contribution in [0.1, 0.15) is 33.7 Å². The van der Waals surface area contributed by atoms with Gasteiger partial charge in [0.15, 0.2) is 0 Å². The lowest BCUT2D eigenvalue weighted by Gasteiger charge is -2.28. The van der Waals surface area contributed by atoms with Crippen molar-refractivity contribution in [2.45, 2.75) is 32.2 Å². The highest BCUT2D eigenvalue weighted by Crippen LogP contribution is 2.30. The average molecular weight is 617 g/mol. The highest BCUT2D eigenvalue weighted by Gasteiger charge is 2.25. The molecule has 0 amide bonds. The molecule has 0 spiro atoms. The fourth-order valence-corrected chi connectivity index (χ4v) is 5.50. The number of hydrogen-bond donors (Lipinski definition) is 1. The topological polar surface area (TPSA) is 76.8 Å². The number of hydrogen-bond acceptors (Lipinski definition) is 5. The molecule has 1 aromatic heterocycles. The summed E-state index contributed by atoms with van der Waals surface area (Å²) in [4.78, 5) is 18.7. The van der Waals surface area contributed by atoms with Crippen LogP contribution >= 0.6 is 36.7 Å². The third kappa shape index (κ3) is 6.39. The summed E-state index contributed by atoms with van der Waals surface area (Å²) in [7, 11) is 0. The first-order valence-electron chi connectivity index (χ1n) is 13.0. The summed E-state index contributed by atoms with van der Waals surface area (Å²) in [5, 5.41) is 10.4. The molecule has 0 saturated carbocycles. The molecule has 0 aliphatic carbocycles. The van der Waals surface area contributed by atoms with Gasteiger partial charge in [-0.15, -0.1) is 0 Å². The van der Waals surface area contributed by atoms with Crippen LogP contribution < -0.4 is 4.74 Å². The monoisotopic (exact) mass is 615 g/mol. The van der Waals surface area contributed by atoms with Gasteiger partial charge >= 0.3 is 5.97 Å². The smallest absolute Gasteiger partial charge is 0.335 e. The van der Waals surface area contributed by atoms with Gasteiger partial charge in [0.2, 0.25) is 0 Å². The number of aromatic carboxylic acids is 1. The van der Waals surface area contributed by atoms with Gasteiger partial charge in [-0.3, -0.25) is 4.90 Å². The van der Waals surface area contributed by atoms with E-state index in [2.05, 4.69) is 15.5 Å². The molecular weight excluding hydrogens is 588 g/mol. The van der Waals surface area contributed by atoms with Gasteiger partial charge in [0, 0.05) is 30.3 Å². The van der Waals surface area contributed by atoms with Crippen LogP contribution in [0.3, 0.4) is 0 Å². The number of halogens is 3. The quantitative estimate of drug-likeness (QED) is 0.230. The molecule has 7 nitrogen and oxygen atoms in total. The lowest BCUT2D eigenvalue weighted by molar-refractivity contribution is -0.0591. The summed E-state index contributed by atoms with van der Waals surface area (Å²) in [6, 6.07) is 15.0. The van der Waals surface area contributed by atoms with Crippen molar-refractivity contribution < 1.29 is 23.8 Å². The van der Waals surface area contributed by atoms with E-state index in [9.17, 15) is 14.3 Å². The summed E-state index contributed by atoms with van der Waals surface area (Å²) in [6.07, 6.45) is 3.20. The maximum Gasteiger partial charge on any atom is 0.335 e. The SMILES string of the molecule is O=C(O)c1ccc2nc(CN3CC=C(c4ccc(F)c(COc5ccc(Cl)cc5Cl)c4)C3)n(C[C@@H]3CCO3)c2c1.S. The van der Waals surface area contributed by atoms with Crippen LogP contribution in [0.5, 0.6) is 5.75 Å². The van der Waals surface area contributed by atoms with Crippen molar-refractivity contribution in [3.8, 4) is 5.75 Å². The van der Waals surface area contributed by atoms with Crippen molar-refractivity contribution in [2.24, 2.45) is 0 Å². The molecule has 0 radical (unpaired) electrons. The summed E-state index contributed by atoms with van der Waals surface area (Å²) in [5.41, 5.74) is 4.22. The zero-order chi connectivity index (χ0) is 27.8. The van der Waals surface area contributed by atoms with Gasteiger partial charge in [-0.05, 0) is 66.1 Å². The van der Waals surface area contributed by atoms with Gasteiger partial charge in [-0.25, -0.2) is 14.2 Å². The number of aromatic nitrogens is 2. The molecule has 0 bridgehead atoms. The van der Waals surface area contributed by atoms with E-state index in [0.29, 0.717) is 47.5 Å². The third-order valence-electron chi connectivity index (χ3n) is 7.30. The Kier molecular flexibility index (Phi) is 8.91. The minimum Gasteiger partial charge on any atom is -0.487 e. The molecule has 1 N–H and O–H groups in total. The third-order valence-corrected chi connectivity index (χ3v) is 7.83. The Morgan fingerprint density at radius 2 is 1.98 bits per heavy atom. The summed E-state index contributed by atoms with van der Waals surface area (Å²) in [5.74, 6) is -0.0229. The second-order valence-corrected chi connectivity index (χ2v) is 10.8. The highest BCUT2D eigenvalue weighted by atomic mass is 35.5. The van der Waals surface area contributed by atoms with E-state index >= 15 is 0 Å². The highest BCUT2D eigenvalue weighted by molar-refractivity contribution is 7.59. The molecule has 3 aromatic carbocycles. The Morgan fingerprint density at radius 1 is 1.15 bits per heavy atom. The molecule has 1 saturated heterocycles. The van der Waals surface area contributed by atoms with E-state index in [4.69, 9.17) is 37.7 Å². The summed E-state index contributed by atoms with van der Waals surface area (Å²) in [6.45, 7) is 3.35. The number of ether oxygens (including phenoxy) is 2. The lowest BCUT2D eigenvalue weighted by atomic mass is 10.0. The molecule has 1 atom stereocenters. The van der Waals surface area contributed by atoms with E-state index in [1.165, 1.54) is 6.07 Å². The maximum absolute atomic E-state index is 14.6. The van der Waals surface area contributed by atoms with Crippen molar-refractivity contribution in [2.75, 3.05) is 19.7 Å². The fraction of sp³-hybridized carbons (Fsp3) is 0.267. The first-order chi connectivity index (χ1) is 19.3. The second kappa shape index (κ2) is 12.4. The van der Waals surface area contributed by atoms with E-state index in [0.717, 1.165) is 41.0 Å². The fourth-order valence-electron chi connectivity index (χ4n) is 5.03. The summed E-state index contributed by atoms with van der Waals surface area (Å²) < 4.78 is 28.1. The van der Waals surface area contributed by atoms with Crippen LogP contribution in [-0.2, 0) is 24.4 Å². The molecule has 4 aromatic rings. The van der Waals surface area contributed by atoms with Crippen LogP contribution in [-0.4, -0.2) is 51.3 Å². The van der Waals surface area contributed by atoms with Gasteiger partial charge in [0.05, 0.1) is 40.8 Å². The standard InChI is InChI=1S/C30H26Cl2FN3O4.H2S/c31-22-3-6-28(24(32)13-22)40-17-21-11-18(1-4-25(21)33)20-7-9-35(14-20)16-29-34-26-5-2-19(30(37)38)12-27(26)36(29)15-23-8-10-39-23;/h1-7,11-13,23H,8-10,14-17H2,(H,37,38);1H2/t23-;/m0./s1. The predicted molar refractivity (Wildman–Crippen MR) is 162 cm³/mol. The molecule has 6 rings (SSSR count). The van der Waals surface area contributed by atoms with Crippen LogP contribution in [0.4, 0.5) is 4.39 Å². The van der Waals surface area contributed by atoms with Crippen LogP contribution in [0.2, 0.25) is 10.0 Å². The number of benzene rings is 3. The zero-order valence-electron chi connectivity index (χ0n) is 21.9. The van der Waals surface area contributed by atoms with E-state index in [1.54, 1.807) is 42.5 Å². The largest absolute Gasteiger partial charge is 0.487 e. The van der Waals surface area contributed by atoms with E-state index in [-0.39, 0.29) is 37.6 Å². The molecule has 11 heteroatoms. The molecule has 0 unspecified atom stereocenters. The number of carbonyl (C=O) groups is 1. The van der Waals surface area contributed by atoms with E-state index in [1.807, 2.05) is 6.07 Å². The van der Waals surface area contributed by atoms with Crippen molar-refractivity contribution >= 4 is 59.3 Å². The average Bonchev–Trinajstić information content (AvgIpc) is 3.50. The first-order valence-corrected chi connectivity index (χ1v) is 13.7. The lowest BCUT2D eigenvalue weighted by Crippen LogP contribution is -2.32. The van der Waals surface area contributed by atoms with Crippen LogP contribution in [0.25, 0.3) is 16.6 Å². The number of imidazole rings is 1. The molecule has 3 heterocycles. The van der Waals surface area contributed by atoms with Crippen molar-refractivity contribution in [3.05, 3.63) is 99.1 Å². The van der Waals surface area contributed by atoms with Gasteiger partial charge in [-0.2, -0.15) is 13.5 Å². The molecule has 214 valence electrons. The molecule has 2 aliphatic heterocycles.